The summed E-state index contributed by atoms with van der Waals surface area (Å²) in [7, 11) is 0. The van der Waals surface area contributed by atoms with Crippen molar-refractivity contribution in [3.05, 3.63) is 42.1 Å². The van der Waals surface area contributed by atoms with E-state index in [2.05, 4.69) is 17.3 Å². The van der Waals surface area contributed by atoms with Crippen molar-refractivity contribution < 1.29 is 4.79 Å². The predicted molar refractivity (Wildman–Crippen MR) is 109 cm³/mol. The molecule has 0 bridgehead atoms. The fraction of sp³-hybridized carbons (Fsp3) is 0.545. The molecule has 2 rings (SSSR count). The average Bonchev–Trinajstić information content (AvgIpc) is 3.01. The fourth-order valence-corrected chi connectivity index (χ4v) is 3.16. The lowest BCUT2D eigenvalue weighted by Gasteiger charge is -2.09. The van der Waals surface area contributed by atoms with E-state index < -0.39 is 0 Å². The smallest absolute Gasteiger partial charge is 0.225 e. The first-order valence-electron chi connectivity index (χ1n) is 10.1. The number of aromatic nitrogens is 2. The summed E-state index contributed by atoms with van der Waals surface area (Å²) in [4.78, 5) is 12.3. The van der Waals surface area contributed by atoms with Crippen molar-refractivity contribution in [1.82, 2.24) is 9.78 Å². The van der Waals surface area contributed by atoms with Crippen LogP contribution in [0.15, 0.2) is 36.4 Å². The maximum absolute atomic E-state index is 12.3. The number of para-hydroxylation sites is 1. The Morgan fingerprint density at radius 2 is 1.58 bits per heavy atom. The van der Waals surface area contributed by atoms with Gasteiger partial charge in [-0.1, -0.05) is 76.5 Å². The van der Waals surface area contributed by atoms with E-state index >= 15 is 0 Å². The van der Waals surface area contributed by atoms with Gasteiger partial charge < -0.3 is 5.32 Å². The second-order valence-electron chi connectivity index (χ2n) is 7.04. The van der Waals surface area contributed by atoms with Crippen molar-refractivity contribution in [3.8, 4) is 5.69 Å². The molecular formula is C22H33N3O. The van der Waals surface area contributed by atoms with Crippen LogP contribution in [0.3, 0.4) is 0 Å². The minimum absolute atomic E-state index is 0.0741. The molecule has 4 heteroatoms. The number of rotatable bonds is 12. The molecule has 1 N–H and O–H groups in total. The maximum Gasteiger partial charge on any atom is 0.225 e. The largest absolute Gasteiger partial charge is 0.311 e. The molecule has 1 aromatic heterocycles. The van der Waals surface area contributed by atoms with E-state index in [1.165, 1.54) is 44.9 Å². The summed E-state index contributed by atoms with van der Waals surface area (Å²) in [5, 5.41) is 7.50. The van der Waals surface area contributed by atoms with Gasteiger partial charge in [0, 0.05) is 12.5 Å². The van der Waals surface area contributed by atoms with E-state index in [0.29, 0.717) is 6.42 Å². The lowest BCUT2D eigenvalue weighted by molar-refractivity contribution is -0.116. The Balaban J connectivity index is 1.69. The highest BCUT2D eigenvalue weighted by molar-refractivity contribution is 5.90. The maximum atomic E-state index is 12.3. The minimum atomic E-state index is 0.0741. The third-order valence-corrected chi connectivity index (χ3v) is 4.61. The molecular weight excluding hydrogens is 322 g/mol. The van der Waals surface area contributed by atoms with Gasteiger partial charge in [0.15, 0.2) is 0 Å². The van der Waals surface area contributed by atoms with Gasteiger partial charge in [-0.15, -0.1) is 0 Å². The molecule has 1 heterocycles. The number of hydrogen-bond donors (Lipinski definition) is 1. The molecule has 0 saturated carbocycles. The predicted octanol–water partition coefficient (Wildman–Crippen LogP) is 6.04. The Morgan fingerprint density at radius 1 is 0.962 bits per heavy atom. The number of nitrogens with one attached hydrogen (secondary N) is 1. The van der Waals surface area contributed by atoms with Gasteiger partial charge in [-0.25, -0.2) is 4.68 Å². The van der Waals surface area contributed by atoms with Crippen LogP contribution in [0.25, 0.3) is 5.69 Å². The van der Waals surface area contributed by atoms with Crippen molar-refractivity contribution in [1.29, 1.82) is 0 Å². The molecule has 1 aromatic carbocycles. The quantitative estimate of drug-likeness (QED) is 0.472. The third kappa shape index (κ3) is 7.03. The summed E-state index contributed by atoms with van der Waals surface area (Å²) in [6.45, 7) is 4.19. The summed E-state index contributed by atoms with van der Waals surface area (Å²) < 4.78 is 1.80. The number of carbonyl (C=O) groups is 1. The number of unbranched alkanes of at least 4 members (excludes halogenated alkanes) is 8. The number of anilines is 1. The van der Waals surface area contributed by atoms with Gasteiger partial charge >= 0.3 is 0 Å². The Hall–Kier alpha value is -2.10. The Labute approximate surface area is 158 Å². The first-order valence-corrected chi connectivity index (χ1v) is 10.1. The molecule has 26 heavy (non-hydrogen) atoms. The summed E-state index contributed by atoms with van der Waals surface area (Å²) in [5.74, 6) is 0.819. The van der Waals surface area contributed by atoms with Crippen LogP contribution >= 0.6 is 0 Å². The standard InChI is InChI=1S/C22H33N3O/c1-3-4-5-6-7-8-9-10-14-17-22(26)23-21-18-19(2)24-25(21)20-15-12-11-13-16-20/h11-13,15-16,18H,3-10,14,17H2,1-2H3,(H,23,26). The highest BCUT2D eigenvalue weighted by Crippen LogP contribution is 2.17. The van der Waals surface area contributed by atoms with Crippen molar-refractivity contribution >= 4 is 11.7 Å². The van der Waals surface area contributed by atoms with Gasteiger partial charge in [-0.2, -0.15) is 5.10 Å². The number of benzene rings is 1. The molecule has 0 fully saturated rings. The van der Waals surface area contributed by atoms with E-state index in [1.807, 2.05) is 43.3 Å². The van der Waals surface area contributed by atoms with Gasteiger partial charge in [-0.3, -0.25) is 4.79 Å². The van der Waals surface area contributed by atoms with E-state index in [-0.39, 0.29) is 5.91 Å². The number of aryl methyl sites for hydroxylation is 1. The van der Waals surface area contributed by atoms with Gasteiger partial charge in [0.1, 0.15) is 5.82 Å². The van der Waals surface area contributed by atoms with Crippen LogP contribution in [0, 0.1) is 6.92 Å². The van der Waals surface area contributed by atoms with Crippen molar-refractivity contribution in [2.75, 3.05) is 5.32 Å². The monoisotopic (exact) mass is 355 g/mol. The first kappa shape index (κ1) is 20.2. The SMILES string of the molecule is CCCCCCCCCCCC(=O)Nc1cc(C)nn1-c1ccccc1. The molecule has 0 spiro atoms. The molecule has 0 saturated heterocycles. The fourth-order valence-electron chi connectivity index (χ4n) is 3.16. The lowest BCUT2D eigenvalue weighted by atomic mass is 10.1. The van der Waals surface area contributed by atoms with Crippen LogP contribution in [0.2, 0.25) is 0 Å². The zero-order chi connectivity index (χ0) is 18.6. The van der Waals surface area contributed by atoms with E-state index in [4.69, 9.17) is 0 Å². The highest BCUT2D eigenvalue weighted by Gasteiger charge is 2.10. The molecule has 0 radical (unpaired) electrons. The van der Waals surface area contributed by atoms with E-state index in [0.717, 1.165) is 30.0 Å². The lowest BCUT2D eigenvalue weighted by Crippen LogP contribution is -2.14. The zero-order valence-electron chi connectivity index (χ0n) is 16.3. The van der Waals surface area contributed by atoms with Crippen molar-refractivity contribution in [2.24, 2.45) is 0 Å². The Morgan fingerprint density at radius 3 is 2.23 bits per heavy atom. The molecule has 0 atom stereocenters. The van der Waals surface area contributed by atoms with Crippen LogP contribution in [0.4, 0.5) is 5.82 Å². The Kier molecular flexibility index (Phi) is 8.94. The van der Waals surface area contributed by atoms with E-state index in [9.17, 15) is 4.79 Å². The van der Waals surface area contributed by atoms with Crippen molar-refractivity contribution in [3.63, 3.8) is 0 Å². The molecule has 0 unspecified atom stereocenters. The Bertz CT molecular complexity index is 649. The summed E-state index contributed by atoms with van der Waals surface area (Å²) in [6.07, 6.45) is 11.9. The number of hydrogen-bond acceptors (Lipinski definition) is 2. The molecule has 2 aromatic rings. The third-order valence-electron chi connectivity index (χ3n) is 4.61. The van der Waals surface area contributed by atoms with Gasteiger partial charge in [0.05, 0.1) is 11.4 Å². The molecule has 142 valence electrons. The normalized spacial score (nSPS) is 10.8. The summed E-state index contributed by atoms with van der Waals surface area (Å²) in [6, 6.07) is 11.8. The van der Waals surface area contributed by atoms with E-state index in [1.54, 1.807) is 4.68 Å². The topological polar surface area (TPSA) is 46.9 Å². The summed E-state index contributed by atoms with van der Waals surface area (Å²) in [5.41, 5.74) is 1.85. The molecule has 1 amide bonds. The van der Waals surface area contributed by atoms with Gasteiger partial charge in [0.2, 0.25) is 5.91 Å². The molecule has 4 nitrogen and oxygen atoms in total. The number of nitrogens with zero attached hydrogens (tertiary/aromatic N) is 2. The minimum Gasteiger partial charge on any atom is -0.311 e. The van der Waals surface area contributed by atoms with Gasteiger partial charge in [-0.05, 0) is 25.5 Å². The van der Waals surface area contributed by atoms with Gasteiger partial charge in [0.25, 0.3) is 0 Å². The molecule has 0 aliphatic carbocycles. The van der Waals surface area contributed by atoms with Crippen LogP contribution in [-0.4, -0.2) is 15.7 Å². The first-order chi connectivity index (χ1) is 12.7. The number of carbonyl (C=O) groups excluding carboxylic acids is 1. The molecule has 0 aliphatic rings. The second kappa shape index (κ2) is 11.5. The average molecular weight is 356 g/mol. The summed E-state index contributed by atoms with van der Waals surface area (Å²) >= 11 is 0. The van der Waals surface area contributed by atoms with Crippen LogP contribution in [-0.2, 0) is 4.79 Å². The second-order valence-corrected chi connectivity index (χ2v) is 7.04. The molecule has 0 aliphatic heterocycles. The van der Waals surface area contributed by atoms with Crippen LogP contribution < -0.4 is 5.32 Å². The van der Waals surface area contributed by atoms with Crippen LogP contribution in [0.5, 0.6) is 0 Å². The highest BCUT2D eigenvalue weighted by atomic mass is 16.1. The van der Waals surface area contributed by atoms with Crippen molar-refractivity contribution in [2.45, 2.75) is 78.1 Å². The number of amides is 1. The zero-order valence-corrected chi connectivity index (χ0v) is 16.3. The van der Waals surface area contributed by atoms with Crippen LogP contribution in [0.1, 0.15) is 76.8 Å².